The normalized spacial score (nSPS) is 20.1. The van der Waals surface area contributed by atoms with Crippen molar-refractivity contribution in [2.75, 3.05) is 25.0 Å². The van der Waals surface area contributed by atoms with Gasteiger partial charge in [-0.05, 0) is 84.4 Å². The van der Waals surface area contributed by atoms with Crippen LogP contribution in [0, 0.1) is 12.8 Å². The molecule has 3 aliphatic rings. The number of nitrogens with two attached hydrogens (primary N) is 1. The molecule has 0 unspecified atom stereocenters. The Labute approximate surface area is 236 Å². The second-order valence-electron chi connectivity index (χ2n) is 12.4. The Morgan fingerprint density at radius 3 is 2.45 bits per heavy atom. The summed E-state index contributed by atoms with van der Waals surface area (Å²) in [6.07, 6.45) is 4.18. The molecule has 1 aliphatic carbocycles. The number of aromatic nitrogens is 2. The van der Waals surface area contributed by atoms with Crippen molar-refractivity contribution >= 4 is 27.7 Å². The van der Waals surface area contributed by atoms with Gasteiger partial charge in [-0.3, -0.25) is 9.59 Å². The number of rotatable bonds is 9. The van der Waals surface area contributed by atoms with Crippen LogP contribution in [0.1, 0.15) is 85.5 Å². The van der Waals surface area contributed by atoms with Crippen LogP contribution < -0.4 is 15.8 Å². The number of amides is 2. The van der Waals surface area contributed by atoms with Crippen LogP contribution in [0.5, 0.6) is 0 Å². The predicted octanol–water partition coefficient (Wildman–Crippen LogP) is 2.59. The summed E-state index contributed by atoms with van der Waals surface area (Å²) in [7, 11) is -3.53. The number of nitrogens with zero attached hydrogens (tertiary/aromatic N) is 4. The van der Waals surface area contributed by atoms with Gasteiger partial charge in [0.05, 0.1) is 28.2 Å². The summed E-state index contributed by atoms with van der Waals surface area (Å²) in [4.78, 5) is 28.0. The van der Waals surface area contributed by atoms with Crippen molar-refractivity contribution in [3.05, 3.63) is 40.7 Å². The number of primary amides is 1. The first-order chi connectivity index (χ1) is 18.8. The lowest BCUT2D eigenvalue weighted by Crippen LogP contribution is -2.53. The first-order valence-corrected chi connectivity index (χ1v) is 15.6. The van der Waals surface area contributed by atoms with Crippen molar-refractivity contribution in [3.8, 4) is 5.69 Å². The second-order valence-corrected chi connectivity index (χ2v) is 14.1. The number of aryl methyl sites for hydroxylation is 1. The molecular weight excluding hydrogens is 530 g/mol. The Bertz CT molecular complexity index is 1420. The van der Waals surface area contributed by atoms with E-state index in [1.54, 1.807) is 26.0 Å². The Kier molecular flexibility index (Phi) is 7.47. The summed E-state index contributed by atoms with van der Waals surface area (Å²) >= 11 is 0. The Morgan fingerprint density at radius 2 is 1.85 bits per heavy atom. The fourth-order valence-electron chi connectivity index (χ4n) is 5.86. The van der Waals surface area contributed by atoms with Gasteiger partial charge in [-0.25, -0.2) is 4.68 Å². The van der Waals surface area contributed by atoms with Crippen LogP contribution in [0.25, 0.3) is 5.69 Å². The van der Waals surface area contributed by atoms with Crippen molar-refractivity contribution in [2.45, 2.75) is 84.3 Å². The van der Waals surface area contributed by atoms with Gasteiger partial charge in [-0.15, -0.1) is 0 Å². The van der Waals surface area contributed by atoms with E-state index in [1.807, 2.05) is 22.6 Å². The van der Waals surface area contributed by atoms with Gasteiger partial charge in [0, 0.05) is 49.4 Å². The number of hydrogen-bond donors (Lipinski definition) is 3. The van der Waals surface area contributed by atoms with Crippen LogP contribution in [-0.2, 0) is 16.6 Å². The maximum absolute atomic E-state index is 13.6. The number of nitrogens with one attached hydrogen (secondary N) is 2. The first kappa shape index (κ1) is 28.6. The van der Waals surface area contributed by atoms with Gasteiger partial charge in [0.1, 0.15) is 0 Å². The van der Waals surface area contributed by atoms with E-state index in [-0.39, 0.29) is 23.5 Å². The number of carbonyl (C=O) groups excluding carboxylic acids is 2. The quantitative estimate of drug-likeness (QED) is 0.422. The lowest BCUT2D eigenvalue weighted by molar-refractivity contribution is 0.0487. The molecule has 3 heterocycles. The number of carbonyl (C=O) groups is 2. The minimum absolute atomic E-state index is 0.0303. The third-order valence-corrected chi connectivity index (χ3v) is 9.95. The van der Waals surface area contributed by atoms with Crippen molar-refractivity contribution in [1.82, 2.24) is 23.7 Å². The molecule has 0 radical (unpaired) electrons. The van der Waals surface area contributed by atoms with Crippen molar-refractivity contribution in [3.63, 3.8) is 0 Å². The maximum atomic E-state index is 13.6. The fourth-order valence-corrected chi connectivity index (χ4v) is 7.30. The highest BCUT2D eigenvalue weighted by molar-refractivity contribution is 7.87. The van der Waals surface area contributed by atoms with Gasteiger partial charge in [-0.1, -0.05) is 0 Å². The van der Waals surface area contributed by atoms with Gasteiger partial charge < -0.3 is 16.0 Å². The molecule has 1 saturated heterocycles. The minimum atomic E-state index is -3.53. The summed E-state index contributed by atoms with van der Waals surface area (Å²) in [6.45, 7) is 11.2. The molecule has 2 aromatic rings. The molecule has 5 rings (SSSR count). The Hall–Kier alpha value is -2.96. The molecule has 0 spiro atoms. The number of benzene rings is 1. The lowest BCUT2D eigenvalue weighted by Gasteiger charge is -2.42. The van der Waals surface area contributed by atoms with E-state index >= 15 is 0 Å². The molecule has 1 aromatic heterocycles. The lowest BCUT2D eigenvalue weighted by atomic mass is 9.87. The molecule has 12 heteroatoms. The van der Waals surface area contributed by atoms with Gasteiger partial charge in [0.2, 0.25) is 0 Å². The van der Waals surface area contributed by atoms with Crippen LogP contribution in [-0.4, -0.2) is 76.5 Å². The summed E-state index contributed by atoms with van der Waals surface area (Å²) in [5.41, 5.74) is 9.25. The van der Waals surface area contributed by atoms with E-state index in [0.717, 1.165) is 17.9 Å². The average Bonchev–Trinajstić information content (AvgIpc) is 3.62. The number of piperidine rings is 1. The van der Waals surface area contributed by atoms with Gasteiger partial charge in [0.25, 0.3) is 22.0 Å². The van der Waals surface area contributed by atoms with Crippen LogP contribution in [0.15, 0.2) is 18.2 Å². The molecule has 0 bridgehead atoms. The Balaban J connectivity index is 1.40. The minimum Gasteiger partial charge on any atom is -0.382 e. The SMILES string of the molecule is Cc1nn(-c2ccc(C(N)=O)c(NC3CCN(S(=O)(=O)NC(C)C)CC3)c2)c2c1C(=O)N(CC1CC1)C(C)(C)C2. The zero-order valence-corrected chi connectivity index (χ0v) is 24.8. The summed E-state index contributed by atoms with van der Waals surface area (Å²) in [5, 5.41) is 8.22. The van der Waals surface area contributed by atoms with Crippen molar-refractivity contribution < 1.29 is 18.0 Å². The predicted molar refractivity (Wildman–Crippen MR) is 154 cm³/mol. The zero-order valence-electron chi connectivity index (χ0n) is 24.0. The molecule has 11 nitrogen and oxygen atoms in total. The number of fused-ring (bicyclic) bond motifs is 1. The highest BCUT2D eigenvalue weighted by Crippen LogP contribution is 2.38. The molecule has 2 fully saturated rings. The Morgan fingerprint density at radius 1 is 1.18 bits per heavy atom. The summed E-state index contributed by atoms with van der Waals surface area (Å²) < 4.78 is 31.0. The molecular formula is C28H41N7O4S. The standard InChI is InChI=1S/C28H41N7O4S/c1-17(2)32-40(38,39)33-12-10-20(11-13-33)30-23-14-21(8-9-22(23)26(29)36)35-24-15-28(4,5)34(16-19-6-7-19)27(37)25(24)18(3)31-35/h8-9,14,17,19-20,30,32H,6-7,10-13,15-16H2,1-5H3,(H2,29,36). The fraction of sp³-hybridized carbons (Fsp3) is 0.607. The molecule has 2 aliphatic heterocycles. The third-order valence-electron chi connectivity index (χ3n) is 8.13. The topological polar surface area (TPSA) is 143 Å². The van der Waals surface area contributed by atoms with E-state index in [1.165, 1.54) is 17.1 Å². The van der Waals surface area contributed by atoms with Gasteiger partial charge in [0.15, 0.2) is 0 Å². The number of hydrogen-bond acceptors (Lipinski definition) is 6. The van der Waals surface area contributed by atoms with E-state index in [9.17, 15) is 18.0 Å². The molecule has 2 amide bonds. The highest BCUT2D eigenvalue weighted by Gasteiger charge is 2.43. The molecule has 0 atom stereocenters. The monoisotopic (exact) mass is 571 g/mol. The molecule has 40 heavy (non-hydrogen) atoms. The largest absolute Gasteiger partial charge is 0.382 e. The first-order valence-electron chi connectivity index (χ1n) is 14.2. The van der Waals surface area contributed by atoms with E-state index in [2.05, 4.69) is 23.9 Å². The van der Waals surface area contributed by atoms with Crippen molar-refractivity contribution in [2.24, 2.45) is 11.7 Å². The van der Waals surface area contributed by atoms with Crippen LogP contribution in [0.2, 0.25) is 0 Å². The smallest absolute Gasteiger partial charge is 0.279 e. The highest BCUT2D eigenvalue weighted by atomic mass is 32.2. The molecule has 1 saturated carbocycles. The van der Waals surface area contributed by atoms with E-state index < -0.39 is 16.1 Å². The van der Waals surface area contributed by atoms with Crippen LogP contribution in [0.4, 0.5) is 5.69 Å². The van der Waals surface area contributed by atoms with Gasteiger partial charge in [-0.2, -0.15) is 22.5 Å². The number of anilines is 1. The molecule has 218 valence electrons. The van der Waals surface area contributed by atoms with Gasteiger partial charge >= 0.3 is 0 Å². The second kappa shape index (κ2) is 10.5. The molecule has 4 N–H and O–H groups in total. The summed E-state index contributed by atoms with van der Waals surface area (Å²) in [6, 6.07) is 5.12. The van der Waals surface area contributed by atoms with Crippen LogP contribution >= 0.6 is 0 Å². The van der Waals surface area contributed by atoms with E-state index in [4.69, 9.17) is 10.8 Å². The molecule has 1 aromatic carbocycles. The van der Waals surface area contributed by atoms with Crippen molar-refractivity contribution in [1.29, 1.82) is 0 Å². The third kappa shape index (κ3) is 5.61. The maximum Gasteiger partial charge on any atom is 0.279 e. The zero-order chi connectivity index (χ0) is 29.0. The van der Waals surface area contributed by atoms with E-state index in [0.29, 0.717) is 60.8 Å². The van der Waals surface area contributed by atoms with Crippen LogP contribution in [0.3, 0.4) is 0 Å². The summed E-state index contributed by atoms with van der Waals surface area (Å²) in [5.74, 6) is 0.0668. The average molecular weight is 572 g/mol.